The van der Waals surface area contributed by atoms with Crippen molar-refractivity contribution in [1.29, 1.82) is 0 Å². The topological polar surface area (TPSA) is 133 Å². The van der Waals surface area contributed by atoms with Gasteiger partial charge < -0.3 is 19.3 Å². The third-order valence-corrected chi connectivity index (χ3v) is 9.18. The average molecular weight is 491 g/mol. The van der Waals surface area contributed by atoms with Crippen molar-refractivity contribution in [2.75, 3.05) is 0 Å². The number of Topliss-reactive ketones (excluding diaryl/α,β-unsaturated/α-hetero) is 2. The lowest BCUT2D eigenvalue weighted by Gasteiger charge is -2.66. The number of hydrogen-bond acceptors (Lipinski definition) is 9. The van der Waals surface area contributed by atoms with Crippen LogP contribution >= 0.6 is 0 Å². The summed E-state index contributed by atoms with van der Waals surface area (Å²) in [6.45, 7) is 12.9. The summed E-state index contributed by atoms with van der Waals surface area (Å²) in [5, 5.41) is 11.1. The Morgan fingerprint density at radius 3 is 2.06 bits per heavy atom. The second-order valence-electron chi connectivity index (χ2n) is 11.5. The van der Waals surface area contributed by atoms with Crippen LogP contribution in [0.15, 0.2) is 12.2 Å². The molecule has 4 aliphatic carbocycles. The van der Waals surface area contributed by atoms with Gasteiger partial charge in [0.05, 0.1) is 11.5 Å². The van der Waals surface area contributed by atoms with Gasteiger partial charge in [0, 0.05) is 49.9 Å². The van der Waals surface area contributed by atoms with Gasteiger partial charge in [-0.2, -0.15) is 0 Å². The van der Waals surface area contributed by atoms with Crippen molar-refractivity contribution >= 4 is 29.5 Å². The number of allylic oxidation sites excluding steroid dienone is 1. The van der Waals surface area contributed by atoms with Gasteiger partial charge in [0.1, 0.15) is 12.2 Å². The number of fused-ring (bicyclic) bond motifs is 3. The molecule has 0 aromatic heterocycles. The van der Waals surface area contributed by atoms with Crippen LogP contribution in [0.4, 0.5) is 0 Å². The summed E-state index contributed by atoms with van der Waals surface area (Å²) in [5.74, 6) is -4.86. The first-order valence-corrected chi connectivity index (χ1v) is 12.1. The van der Waals surface area contributed by atoms with Gasteiger partial charge >= 0.3 is 17.9 Å². The normalized spacial score (nSPS) is 43.6. The van der Waals surface area contributed by atoms with Crippen LogP contribution in [-0.4, -0.2) is 59.0 Å². The minimum atomic E-state index is -1.51. The second kappa shape index (κ2) is 7.98. The molecule has 1 spiro atoms. The number of carbonyl (C=O) groups excluding carboxylic acids is 5. The Morgan fingerprint density at radius 1 is 0.943 bits per heavy atom. The highest BCUT2D eigenvalue weighted by Gasteiger charge is 2.79. The number of rotatable bonds is 3. The number of esters is 3. The molecule has 0 saturated heterocycles. The van der Waals surface area contributed by atoms with Crippen LogP contribution in [0.3, 0.4) is 0 Å². The molecule has 4 fully saturated rings. The third-order valence-electron chi connectivity index (χ3n) is 9.18. The van der Waals surface area contributed by atoms with Gasteiger partial charge in [-0.15, -0.1) is 0 Å². The highest BCUT2D eigenvalue weighted by Crippen LogP contribution is 2.71. The molecule has 0 radical (unpaired) electrons. The Kier molecular flexibility index (Phi) is 5.82. The van der Waals surface area contributed by atoms with Crippen LogP contribution in [0.2, 0.25) is 0 Å². The van der Waals surface area contributed by atoms with Gasteiger partial charge in [-0.3, -0.25) is 24.0 Å². The van der Waals surface area contributed by atoms with E-state index in [1.165, 1.54) is 20.8 Å². The van der Waals surface area contributed by atoms with E-state index in [4.69, 9.17) is 14.2 Å². The smallest absolute Gasteiger partial charge is 0.303 e. The highest BCUT2D eigenvalue weighted by molar-refractivity contribution is 6.08. The maximum atomic E-state index is 14.3. The predicted molar refractivity (Wildman–Crippen MR) is 120 cm³/mol. The zero-order valence-corrected chi connectivity index (χ0v) is 21.1. The van der Waals surface area contributed by atoms with E-state index in [-0.39, 0.29) is 24.5 Å². The molecular formula is C26H34O9. The summed E-state index contributed by atoms with van der Waals surface area (Å²) in [5.41, 5.74) is -3.41. The van der Waals surface area contributed by atoms with Crippen molar-refractivity contribution < 1.29 is 43.3 Å². The maximum Gasteiger partial charge on any atom is 0.303 e. The number of aliphatic hydroxyl groups is 1. The van der Waals surface area contributed by atoms with Crippen LogP contribution < -0.4 is 0 Å². The lowest BCUT2D eigenvalue weighted by Crippen LogP contribution is -2.75. The van der Waals surface area contributed by atoms with Crippen molar-refractivity contribution in [3.8, 4) is 0 Å². The summed E-state index contributed by atoms with van der Waals surface area (Å²) in [7, 11) is 0. The SMILES string of the molecule is C=C1C(=O)[C@]23CC1CC(OC(C)=O)[C@@H]2[C@]1(C)C(OC(C)=O)CC(O)C(C)(C)[C@@H]1C(=O)C3OC(C)=O. The van der Waals surface area contributed by atoms with Gasteiger partial charge in [0.25, 0.3) is 0 Å². The van der Waals surface area contributed by atoms with Crippen LogP contribution in [0.1, 0.15) is 60.8 Å². The van der Waals surface area contributed by atoms with Gasteiger partial charge in [0.15, 0.2) is 17.7 Å². The number of carbonyl (C=O) groups is 5. The molecular weight excluding hydrogens is 456 g/mol. The summed E-state index contributed by atoms with van der Waals surface area (Å²) >= 11 is 0. The van der Waals surface area contributed by atoms with E-state index in [2.05, 4.69) is 6.58 Å². The molecule has 0 aromatic rings. The first kappa shape index (κ1) is 25.5. The van der Waals surface area contributed by atoms with Crippen LogP contribution in [0.25, 0.3) is 0 Å². The molecule has 35 heavy (non-hydrogen) atoms. The number of hydrogen-bond donors (Lipinski definition) is 1. The number of aliphatic hydroxyl groups excluding tert-OH is 1. The largest absolute Gasteiger partial charge is 0.462 e. The summed E-state index contributed by atoms with van der Waals surface area (Å²) in [6, 6.07) is 0. The fraction of sp³-hybridized carbons (Fsp3) is 0.731. The van der Waals surface area contributed by atoms with E-state index in [1.807, 2.05) is 0 Å². The highest BCUT2D eigenvalue weighted by atomic mass is 16.6. The minimum Gasteiger partial charge on any atom is -0.462 e. The maximum absolute atomic E-state index is 14.3. The van der Waals surface area contributed by atoms with E-state index in [0.717, 1.165) is 0 Å². The summed E-state index contributed by atoms with van der Waals surface area (Å²) < 4.78 is 17.1. The molecule has 0 aliphatic heterocycles. The van der Waals surface area contributed by atoms with Gasteiger partial charge in [0.2, 0.25) is 0 Å². The molecule has 5 unspecified atom stereocenters. The molecule has 9 heteroatoms. The first-order valence-electron chi connectivity index (χ1n) is 12.1. The van der Waals surface area contributed by atoms with Gasteiger partial charge in [-0.1, -0.05) is 27.4 Å². The van der Waals surface area contributed by atoms with E-state index < -0.39 is 76.2 Å². The molecule has 9 nitrogen and oxygen atoms in total. The van der Waals surface area contributed by atoms with Crippen molar-refractivity contribution in [3.63, 3.8) is 0 Å². The number of ketones is 2. The van der Waals surface area contributed by atoms with Gasteiger partial charge in [-0.05, 0) is 24.3 Å². The molecule has 4 aliphatic rings. The van der Waals surface area contributed by atoms with E-state index in [0.29, 0.717) is 12.0 Å². The second-order valence-corrected chi connectivity index (χ2v) is 11.5. The van der Waals surface area contributed by atoms with E-state index in [1.54, 1.807) is 20.8 Å². The zero-order valence-electron chi connectivity index (χ0n) is 21.1. The average Bonchev–Trinajstić information content (AvgIpc) is 2.90. The lowest BCUT2D eigenvalue weighted by atomic mass is 9.38. The van der Waals surface area contributed by atoms with Crippen molar-refractivity contribution in [2.24, 2.45) is 34.0 Å². The van der Waals surface area contributed by atoms with Crippen LogP contribution in [0, 0.1) is 34.0 Å². The summed E-state index contributed by atoms with van der Waals surface area (Å²) in [6.07, 6.45) is -3.62. The fourth-order valence-corrected chi connectivity index (χ4v) is 8.13. The molecule has 4 rings (SSSR count). The van der Waals surface area contributed by atoms with Crippen LogP contribution in [-0.2, 0) is 38.2 Å². The van der Waals surface area contributed by atoms with Crippen molar-refractivity contribution in [1.82, 2.24) is 0 Å². The Balaban J connectivity index is 2.04. The zero-order chi connectivity index (χ0) is 26.2. The van der Waals surface area contributed by atoms with E-state index in [9.17, 15) is 29.1 Å². The van der Waals surface area contributed by atoms with Crippen molar-refractivity contribution in [2.45, 2.75) is 85.2 Å². The predicted octanol–water partition coefficient (Wildman–Crippen LogP) is 1.93. The monoisotopic (exact) mass is 490 g/mol. The van der Waals surface area contributed by atoms with E-state index >= 15 is 0 Å². The van der Waals surface area contributed by atoms with Crippen molar-refractivity contribution in [3.05, 3.63) is 12.2 Å². The first-order chi connectivity index (χ1) is 16.1. The molecule has 1 N–H and O–H groups in total. The Labute approximate surface area is 204 Å². The number of ether oxygens (including phenoxy) is 3. The molecule has 4 saturated carbocycles. The fourth-order valence-electron chi connectivity index (χ4n) is 8.13. The minimum absolute atomic E-state index is 0.0447. The van der Waals surface area contributed by atoms with Crippen LogP contribution in [0.5, 0.6) is 0 Å². The Morgan fingerprint density at radius 2 is 1.51 bits per heavy atom. The molecule has 9 atom stereocenters. The lowest BCUT2D eigenvalue weighted by molar-refractivity contribution is -0.263. The third kappa shape index (κ3) is 3.33. The standard InChI is InChI=1S/C26H34O9/c1-11-15-8-16(33-12(2)27)20-25(7)18(34-13(3)28)9-17(30)24(5,6)21(25)19(31)23(35-14(4)29)26(20,10-15)22(11)32/h15-18,20-21,23,30H,1,8-10H2,2-7H3/t15?,16?,17?,18?,20-,21+,23?,25+,26+/m1/s1. The molecule has 192 valence electrons. The molecule has 0 amide bonds. The molecule has 0 aromatic carbocycles. The molecule has 0 heterocycles. The van der Waals surface area contributed by atoms with Gasteiger partial charge in [-0.25, -0.2) is 0 Å². The molecule has 2 bridgehead atoms. The Bertz CT molecular complexity index is 1030. The quantitative estimate of drug-likeness (QED) is 0.358. The Hall–Kier alpha value is -2.55. The summed E-state index contributed by atoms with van der Waals surface area (Å²) in [4.78, 5) is 64.8.